The van der Waals surface area contributed by atoms with Crippen molar-refractivity contribution in [1.82, 2.24) is 15.2 Å². The van der Waals surface area contributed by atoms with Crippen molar-refractivity contribution in [2.24, 2.45) is 0 Å². The van der Waals surface area contributed by atoms with Crippen LogP contribution in [0, 0.1) is 0 Å². The first-order valence-electron chi connectivity index (χ1n) is 9.29. The lowest BCUT2D eigenvalue weighted by Crippen LogP contribution is -2.41. The zero-order valence-corrected chi connectivity index (χ0v) is 14.7. The molecule has 0 bridgehead atoms. The summed E-state index contributed by atoms with van der Waals surface area (Å²) in [5, 5.41) is 6.75. The number of ether oxygens (including phenoxy) is 1. The minimum Gasteiger partial charge on any atom is -0.384 e. The summed E-state index contributed by atoms with van der Waals surface area (Å²) >= 11 is 0. The Bertz CT molecular complexity index is 545. The molecule has 3 heterocycles. The molecule has 1 amide bonds. The van der Waals surface area contributed by atoms with E-state index in [1.807, 2.05) is 11.0 Å². The van der Waals surface area contributed by atoms with Crippen LogP contribution in [-0.4, -0.2) is 60.7 Å². The molecular formula is C18H29N5O2. The van der Waals surface area contributed by atoms with Crippen molar-refractivity contribution in [2.75, 3.05) is 43.8 Å². The molecule has 2 saturated heterocycles. The van der Waals surface area contributed by atoms with Crippen LogP contribution in [0.5, 0.6) is 0 Å². The number of carbonyl (C=O) groups is 1. The van der Waals surface area contributed by atoms with Crippen molar-refractivity contribution in [3.8, 4) is 0 Å². The first kappa shape index (κ1) is 17.9. The number of aromatic nitrogens is 1. The van der Waals surface area contributed by atoms with Crippen LogP contribution in [0.1, 0.15) is 32.1 Å². The van der Waals surface area contributed by atoms with Crippen molar-refractivity contribution in [3.63, 3.8) is 0 Å². The SMILES string of the molecule is Nc1ccc(N[C@@H]2CCCN(C(=O)CNC[C@H]3CCCO3)CC2)cn1. The van der Waals surface area contributed by atoms with Gasteiger partial charge < -0.3 is 26.0 Å². The molecule has 3 rings (SSSR count). The van der Waals surface area contributed by atoms with E-state index in [4.69, 9.17) is 10.5 Å². The lowest BCUT2D eigenvalue weighted by atomic mass is 10.1. The van der Waals surface area contributed by atoms with Crippen molar-refractivity contribution in [2.45, 2.75) is 44.2 Å². The molecule has 1 aromatic heterocycles. The van der Waals surface area contributed by atoms with Crippen LogP contribution in [0.2, 0.25) is 0 Å². The summed E-state index contributed by atoms with van der Waals surface area (Å²) in [6.45, 7) is 3.65. The molecule has 2 fully saturated rings. The average Bonchev–Trinajstić information content (AvgIpc) is 3.02. The molecule has 2 aliphatic rings. The van der Waals surface area contributed by atoms with E-state index in [-0.39, 0.29) is 12.0 Å². The van der Waals surface area contributed by atoms with Crippen LogP contribution in [0.3, 0.4) is 0 Å². The van der Waals surface area contributed by atoms with Crippen molar-refractivity contribution in [3.05, 3.63) is 18.3 Å². The number of likely N-dealkylation sites (tertiary alicyclic amines) is 1. The number of carbonyl (C=O) groups excluding carboxylic acids is 1. The summed E-state index contributed by atoms with van der Waals surface area (Å²) in [7, 11) is 0. The topological polar surface area (TPSA) is 92.5 Å². The number of anilines is 2. The Hall–Kier alpha value is -1.86. The van der Waals surface area contributed by atoms with Gasteiger partial charge in [0.25, 0.3) is 0 Å². The number of nitrogens with two attached hydrogens (primary N) is 1. The van der Waals surface area contributed by atoms with Gasteiger partial charge in [-0.1, -0.05) is 0 Å². The molecule has 138 valence electrons. The predicted octanol–water partition coefficient (Wildman–Crippen LogP) is 1.23. The maximum absolute atomic E-state index is 12.4. The van der Waals surface area contributed by atoms with Gasteiger partial charge in [-0.2, -0.15) is 0 Å². The zero-order chi connectivity index (χ0) is 17.5. The Morgan fingerprint density at radius 2 is 2.20 bits per heavy atom. The van der Waals surface area contributed by atoms with E-state index in [9.17, 15) is 4.79 Å². The highest BCUT2D eigenvalue weighted by Crippen LogP contribution is 2.17. The summed E-state index contributed by atoms with van der Waals surface area (Å²) in [6, 6.07) is 4.11. The number of hydrogen-bond donors (Lipinski definition) is 3. The van der Waals surface area contributed by atoms with Gasteiger partial charge in [0.15, 0.2) is 0 Å². The van der Waals surface area contributed by atoms with Gasteiger partial charge in [0.2, 0.25) is 5.91 Å². The number of nitrogen functional groups attached to an aromatic ring is 1. The zero-order valence-electron chi connectivity index (χ0n) is 14.7. The predicted molar refractivity (Wildman–Crippen MR) is 98.3 cm³/mol. The number of rotatable bonds is 6. The second-order valence-electron chi connectivity index (χ2n) is 6.89. The van der Waals surface area contributed by atoms with Crippen LogP contribution in [-0.2, 0) is 9.53 Å². The van der Waals surface area contributed by atoms with E-state index in [0.29, 0.717) is 18.4 Å². The number of nitrogens with zero attached hydrogens (tertiary/aromatic N) is 2. The largest absolute Gasteiger partial charge is 0.384 e. The summed E-state index contributed by atoms with van der Waals surface area (Å²) in [4.78, 5) is 18.5. The van der Waals surface area contributed by atoms with Crippen LogP contribution in [0.25, 0.3) is 0 Å². The molecule has 0 aliphatic carbocycles. The molecule has 7 heteroatoms. The number of amides is 1. The van der Waals surface area contributed by atoms with E-state index < -0.39 is 0 Å². The normalized spacial score (nSPS) is 24.1. The molecule has 0 aromatic carbocycles. The monoisotopic (exact) mass is 347 g/mol. The molecule has 0 unspecified atom stereocenters. The molecule has 1 aromatic rings. The maximum atomic E-state index is 12.4. The minimum absolute atomic E-state index is 0.188. The molecule has 7 nitrogen and oxygen atoms in total. The second-order valence-corrected chi connectivity index (χ2v) is 6.89. The second kappa shape index (κ2) is 9.01. The molecule has 0 saturated carbocycles. The number of nitrogens with one attached hydrogen (secondary N) is 2. The molecule has 0 spiro atoms. The van der Waals surface area contributed by atoms with Gasteiger partial charge in [-0.15, -0.1) is 0 Å². The standard InChI is InChI=1S/C18H29N5O2/c19-17-6-5-15(11-21-17)22-14-3-1-8-23(9-7-14)18(24)13-20-12-16-4-2-10-25-16/h5-6,11,14,16,20,22H,1-4,7-10,12-13H2,(H2,19,21)/t14-,16-/m1/s1. The summed E-state index contributed by atoms with van der Waals surface area (Å²) < 4.78 is 5.57. The molecule has 25 heavy (non-hydrogen) atoms. The Kier molecular flexibility index (Phi) is 6.47. The van der Waals surface area contributed by atoms with E-state index in [2.05, 4.69) is 15.6 Å². The average molecular weight is 347 g/mol. The van der Waals surface area contributed by atoms with E-state index in [1.54, 1.807) is 12.3 Å². The quantitative estimate of drug-likeness (QED) is 0.717. The third kappa shape index (κ3) is 5.57. The fraction of sp³-hybridized carbons (Fsp3) is 0.667. The first-order chi connectivity index (χ1) is 12.2. The van der Waals surface area contributed by atoms with Gasteiger partial charge in [0.05, 0.1) is 24.5 Å². The third-order valence-corrected chi connectivity index (χ3v) is 4.91. The van der Waals surface area contributed by atoms with Crippen molar-refractivity contribution in [1.29, 1.82) is 0 Å². The third-order valence-electron chi connectivity index (χ3n) is 4.91. The molecule has 2 aliphatic heterocycles. The Morgan fingerprint density at radius 3 is 2.96 bits per heavy atom. The summed E-state index contributed by atoms with van der Waals surface area (Å²) in [6.07, 6.45) is 7.27. The lowest BCUT2D eigenvalue weighted by molar-refractivity contribution is -0.130. The highest BCUT2D eigenvalue weighted by molar-refractivity contribution is 5.78. The van der Waals surface area contributed by atoms with Gasteiger partial charge in [0, 0.05) is 32.3 Å². The molecule has 2 atom stereocenters. The highest BCUT2D eigenvalue weighted by Gasteiger charge is 2.21. The smallest absolute Gasteiger partial charge is 0.236 e. The van der Waals surface area contributed by atoms with Crippen molar-refractivity contribution < 1.29 is 9.53 Å². The lowest BCUT2D eigenvalue weighted by Gasteiger charge is -2.22. The van der Waals surface area contributed by atoms with Crippen LogP contribution in [0.15, 0.2) is 18.3 Å². The van der Waals surface area contributed by atoms with Crippen molar-refractivity contribution >= 4 is 17.4 Å². The van der Waals surface area contributed by atoms with E-state index in [1.165, 1.54) is 0 Å². The van der Waals surface area contributed by atoms with Gasteiger partial charge in [0.1, 0.15) is 5.82 Å². The van der Waals surface area contributed by atoms with Gasteiger partial charge in [-0.25, -0.2) is 4.98 Å². The van der Waals surface area contributed by atoms with Crippen LogP contribution in [0.4, 0.5) is 11.5 Å². The molecular weight excluding hydrogens is 318 g/mol. The van der Waals surface area contributed by atoms with Gasteiger partial charge in [-0.05, 0) is 44.2 Å². The Labute approximate surface area is 149 Å². The maximum Gasteiger partial charge on any atom is 0.236 e. The fourth-order valence-corrected chi connectivity index (χ4v) is 3.47. The summed E-state index contributed by atoms with van der Waals surface area (Å²) in [5.41, 5.74) is 6.60. The van der Waals surface area contributed by atoms with Crippen LogP contribution < -0.4 is 16.4 Å². The van der Waals surface area contributed by atoms with Crippen LogP contribution >= 0.6 is 0 Å². The first-order valence-corrected chi connectivity index (χ1v) is 9.29. The highest BCUT2D eigenvalue weighted by atomic mass is 16.5. The van der Waals surface area contributed by atoms with Gasteiger partial charge in [-0.3, -0.25) is 4.79 Å². The molecule has 0 radical (unpaired) electrons. The van der Waals surface area contributed by atoms with E-state index in [0.717, 1.165) is 64.0 Å². The van der Waals surface area contributed by atoms with Gasteiger partial charge >= 0.3 is 0 Å². The van der Waals surface area contributed by atoms with E-state index >= 15 is 0 Å². The number of pyridine rings is 1. The Balaban J connectivity index is 1.39. The molecule has 4 N–H and O–H groups in total. The fourth-order valence-electron chi connectivity index (χ4n) is 3.47. The number of hydrogen-bond acceptors (Lipinski definition) is 6. The summed E-state index contributed by atoms with van der Waals surface area (Å²) in [5.74, 6) is 0.714. The minimum atomic E-state index is 0.188. The Morgan fingerprint density at radius 1 is 1.28 bits per heavy atom.